The standard InChI is InChI=1S/C30H33ClN4O5S/c1-38-26-10-9-21(18-27(26)39-2)25-19-24(28-8-5-17-41-28)32-35(25)29(36)20-34(12-11-33-13-15-40-16-14-33)30(37)22-6-3-4-7-23(22)31/h3-10,17-18,25H,11-16,19-20H2,1-2H3/t25-/m0/s1. The van der Waals surface area contributed by atoms with Crippen molar-refractivity contribution in [2.24, 2.45) is 5.10 Å². The Kier molecular flexibility index (Phi) is 9.56. The quantitative estimate of drug-likeness (QED) is 0.341. The fourth-order valence-electron chi connectivity index (χ4n) is 5.03. The van der Waals surface area contributed by atoms with E-state index in [0.717, 1.165) is 29.2 Å². The number of benzene rings is 2. The number of carbonyl (C=O) groups excluding carboxylic acids is 2. The van der Waals surface area contributed by atoms with Gasteiger partial charge < -0.3 is 19.1 Å². The van der Waals surface area contributed by atoms with Crippen molar-refractivity contribution in [1.29, 1.82) is 0 Å². The van der Waals surface area contributed by atoms with Crippen LogP contribution in [0.4, 0.5) is 0 Å². The third-order valence-corrected chi connectivity index (χ3v) is 8.52. The molecule has 3 aromatic rings. The van der Waals surface area contributed by atoms with Gasteiger partial charge in [0.05, 0.1) is 54.7 Å². The van der Waals surface area contributed by atoms with E-state index in [-0.39, 0.29) is 24.4 Å². The van der Waals surface area contributed by atoms with Crippen LogP contribution in [0, 0.1) is 0 Å². The van der Waals surface area contributed by atoms with Crippen LogP contribution in [0.2, 0.25) is 5.02 Å². The van der Waals surface area contributed by atoms with E-state index in [0.29, 0.717) is 54.8 Å². The second-order valence-electron chi connectivity index (χ2n) is 9.76. The molecular weight excluding hydrogens is 564 g/mol. The number of rotatable bonds is 10. The molecule has 0 N–H and O–H groups in total. The number of morpholine rings is 1. The lowest BCUT2D eigenvalue weighted by atomic mass is 10.0. The van der Waals surface area contributed by atoms with Crippen LogP contribution in [-0.2, 0) is 9.53 Å². The van der Waals surface area contributed by atoms with E-state index in [1.54, 1.807) is 54.7 Å². The van der Waals surface area contributed by atoms with Gasteiger partial charge in [-0.15, -0.1) is 11.3 Å². The van der Waals surface area contributed by atoms with Gasteiger partial charge in [0.2, 0.25) is 0 Å². The number of thiophene rings is 1. The Morgan fingerprint density at radius 3 is 2.56 bits per heavy atom. The molecule has 0 radical (unpaired) electrons. The molecule has 2 amide bonds. The molecule has 3 heterocycles. The molecule has 1 saturated heterocycles. The van der Waals surface area contributed by atoms with Gasteiger partial charge in [-0.1, -0.05) is 35.9 Å². The number of hydrogen-bond donors (Lipinski definition) is 0. The molecule has 2 aliphatic rings. The Morgan fingerprint density at radius 2 is 1.85 bits per heavy atom. The molecule has 2 aliphatic heterocycles. The van der Waals surface area contributed by atoms with Crippen LogP contribution in [0.25, 0.3) is 0 Å². The Labute approximate surface area is 248 Å². The molecule has 41 heavy (non-hydrogen) atoms. The molecular formula is C30H33ClN4O5S. The number of nitrogens with zero attached hydrogens (tertiary/aromatic N) is 4. The Hall–Kier alpha value is -3.44. The lowest BCUT2D eigenvalue weighted by Crippen LogP contribution is -2.46. The van der Waals surface area contributed by atoms with Gasteiger partial charge in [-0.25, -0.2) is 5.01 Å². The molecule has 0 unspecified atom stereocenters. The van der Waals surface area contributed by atoms with Crippen LogP contribution in [0.3, 0.4) is 0 Å². The molecule has 216 valence electrons. The van der Waals surface area contributed by atoms with Gasteiger partial charge in [-0.3, -0.25) is 14.5 Å². The first-order valence-electron chi connectivity index (χ1n) is 13.5. The number of carbonyl (C=O) groups is 2. The minimum atomic E-state index is -0.365. The lowest BCUT2D eigenvalue weighted by molar-refractivity contribution is -0.133. The van der Waals surface area contributed by atoms with Gasteiger partial charge in [-0.05, 0) is 41.3 Å². The summed E-state index contributed by atoms with van der Waals surface area (Å²) in [5.74, 6) is 0.606. The number of halogens is 1. The third kappa shape index (κ3) is 6.73. The summed E-state index contributed by atoms with van der Waals surface area (Å²) in [7, 11) is 3.17. The minimum absolute atomic E-state index is 0.139. The average Bonchev–Trinajstić information content (AvgIpc) is 3.70. The van der Waals surface area contributed by atoms with Crippen molar-refractivity contribution in [3.8, 4) is 11.5 Å². The number of hydrogen-bond acceptors (Lipinski definition) is 8. The second-order valence-corrected chi connectivity index (χ2v) is 11.1. The van der Waals surface area contributed by atoms with Crippen LogP contribution in [0.5, 0.6) is 11.5 Å². The number of amides is 2. The molecule has 1 aromatic heterocycles. The normalized spacial score (nSPS) is 17.3. The summed E-state index contributed by atoms with van der Waals surface area (Å²) in [5, 5.41) is 8.64. The van der Waals surface area contributed by atoms with E-state index in [1.807, 2.05) is 35.7 Å². The molecule has 5 rings (SSSR count). The molecule has 2 aromatic carbocycles. The van der Waals surface area contributed by atoms with E-state index in [1.165, 1.54) is 5.01 Å². The van der Waals surface area contributed by atoms with Crippen LogP contribution < -0.4 is 9.47 Å². The monoisotopic (exact) mass is 596 g/mol. The van der Waals surface area contributed by atoms with E-state index in [4.69, 9.17) is 30.9 Å². The summed E-state index contributed by atoms with van der Waals surface area (Å²) >= 11 is 7.97. The van der Waals surface area contributed by atoms with Crippen LogP contribution in [0.1, 0.15) is 33.3 Å². The van der Waals surface area contributed by atoms with Gasteiger partial charge in [0, 0.05) is 32.6 Å². The Balaban J connectivity index is 1.43. The Morgan fingerprint density at radius 1 is 1.07 bits per heavy atom. The zero-order valence-corrected chi connectivity index (χ0v) is 24.7. The van der Waals surface area contributed by atoms with Crippen molar-refractivity contribution >= 4 is 40.5 Å². The molecule has 9 nitrogen and oxygen atoms in total. The van der Waals surface area contributed by atoms with Gasteiger partial charge in [-0.2, -0.15) is 5.10 Å². The molecule has 0 bridgehead atoms. The highest BCUT2D eigenvalue weighted by Crippen LogP contribution is 2.38. The first-order valence-corrected chi connectivity index (χ1v) is 14.7. The minimum Gasteiger partial charge on any atom is -0.493 e. The zero-order valence-electron chi connectivity index (χ0n) is 23.1. The van der Waals surface area contributed by atoms with Crippen LogP contribution >= 0.6 is 22.9 Å². The lowest BCUT2D eigenvalue weighted by Gasteiger charge is -2.31. The predicted molar refractivity (Wildman–Crippen MR) is 159 cm³/mol. The summed E-state index contributed by atoms with van der Waals surface area (Å²) in [6, 6.07) is 16.1. The van der Waals surface area contributed by atoms with E-state index in [9.17, 15) is 9.59 Å². The summed E-state index contributed by atoms with van der Waals surface area (Å²) in [5.41, 5.74) is 2.05. The summed E-state index contributed by atoms with van der Waals surface area (Å²) < 4.78 is 16.4. The van der Waals surface area contributed by atoms with Crippen LogP contribution in [0.15, 0.2) is 65.1 Å². The van der Waals surface area contributed by atoms with Crippen molar-refractivity contribution in [3.05, 3.63) is 81.0 Å². The highest BCUT2D eigenvalue weighted by molar-refractivity contribution is 7.12. The fourth-order valence-corrected chi connectivity index (χ4v) is 5.97. The number of ether oxygens (including phenoxy) is 3. The second kappa shape index (κ2) is 13.5. The molecule has 0 saturated carbocycles. The van der Waals surface area contributed by atoms with Gasteiger partial charge in [0.25, 0.3) is 11.8 Å². The highest BCUT2D eigenvalue weighted by atomic mass is 35.5. The first-order chi connectivity index (χ1) is 20.0. The molecule has 0 aliphatic carbocycles. The van der Waals surface area contributed by atoms with E-state index < -0.39 is 0 Å². The van der Waals surface area contributed by atoms with Crippen molar-refractivity contribution in [2.45, 2.75) is 12.5 Å². The van der Waals surface area contributed by atoms with Gasteiger partial charge in [0.1, 0.15) is 6.54 Å². The maximum Gasteiger partial charge on any atom is 0.262 e. The number of methoxy groups -OCH3 is 2. The molecule has 0 spiro atoms. The summed E-state index contributed by atoms with van der Waals surface area (Å²) in [6.45, 7) is 3.71. The molecule has 1 fully saturated rings. The fraction of sp³-hybridized carbons (Fsp3) is 0.367. The smallest absolute Gasteiger partial charge is 0.262 e. The Bertz CT molecular complexity index is 1390. The maximum atomic E-state index is 14.0. The van der Waals surface area contributed by atoms with E-state index >= 15 is 0 Å². The van der Waals surface area contributed by atoms with Crippen molar-refractivity contribution < 1.29 is 23.8 Å². The number of hydrazone groups is 1. The first kappa shape index (κ1) is 29.1. The van der Waals surface area contributed by atoms with Crippen molar-refractivity contribution in [3.63, 3.8) is 0 Å². The summed E-state index contributed by atoms with van der Waals surface area (Å²) in [4.78, 5) is 32.5. The van der Waals surface area contributed by atoms with Gasteiger partial charge in [0.15, 0.2) is 11.5 Å². The largest absolute Gasteiger partial charge is 0.493 e. The topological polar surface area (TPSA) is 83.9 Å². The third-order valence-electron chi connectivity index (χ3n) is 7.27. The zero-order chi connectivity index (χ0) is 28.8. The molecule has 1 atom stereocenters. The SMILES string of the molecule is COc1ccc([C@@H]2CC(c3cccs3)=NN2C(=O)CN(CCN2CCOCC2)C(=O)c2ccccc2Cl)cc1OC. The summed E-state index contributed by atoms with van der Waals surface area (Å²) in [6.07, 6.45) is 0.536. The van der Waals surface area contributed by atoms with Gasteiger partial charge >= 0.3 is 0 Å². The molecule has 11 heteroatoms. The van der Waals surface area contributed by atoms with E-state index in [2.05, 4.69) is 4.90 Å². The van der Waals surface area contributed by atoms with Crippen molar-refractivity contribution in [1.82, 2.24) is 14.8 Å². The van der Waals surface area contributed by atoms with Crippen LogP contribution in [-0.4, -0.2) is 92.5 Å². The predicted octanol–water partition coefficient (Wildman–Crippen LogP) is 4.57. The average molecular weight is 597 g/mol. The van der Waals surface area contributed by atoms with Crippen molar-refractivity contribution in [2.75, 3.05) is 60.2 Å². The highest BCUT2D eigenvalue weighted by Gasteiger charge is 2.35. The maximum absolute atomic E-state index is 14.0.